The average molecular weight is 155 g/mol. The van der Waals surface area contributed by atoms with Crippen molar-refractivity contribution in [2.75, 3.05) is 6.54 Å². The van der Waals surface area contributed by atoms with E-state index < -0.39 is 5.41 Å². The molecule has 0 radical (unpaired) electrons. The molecule has 0 aliphatic heterocycles. The van der Waals surface area contributed by atoms with Gasteiger partial charge in [-0.25, -0.2) is 0 Å². The van der Waals surface area contributed by atoms with Gasteiger partial charge in [0.15, 0.2) is 6.19 Å². The van der Waals surface area contributed by atoms with E-state index in [0.29, 0.717) is 6.42 Å². The molecule has 62 valence electrons. The van der Waals surface area contributed by atoms with E-state index in [4.69, 9.17) is 11.0 Å². The predicted octanol–water partition coefficient (Wildman–Crippen LogP) is -0.0413. The molecule has 3 N–H and O–H groups in total. The highest BCUT2D eigenvalue weighted by Crippen LogP contribution is 2.18. The van der Waals surface area contributed by atoms with Gasteiger partial charge in [0, 0.05) is 6.54 Å². The third-order valence-corrected chi connectivity index (χ3v) is 1.95. The Balaban J connectivity index is 4.27. The molecule has 0 spiro atoms. The number of amides is 1. The molecule has 11 heavy (non-hydrogen) atoms. The lowest BCUT2D eigenvalue weighted by molar-refractivity contribution is -0.128. The summed E-state index contributed by atoms with van der Waals surface area (Å²) < 4.78 is 0. The second kappa shape index (κ2) is 3.94. The topological polar surface area (TPSA) is 78.9 Å². The molecule has 0 heterocycles. The summed E-state index contributed by atoms with van der Waals surface area (Å²) in [6.07, 6.45) is 2.22. The molecule has 0 aliphatic carbocycles. The van der Waals surface area contributed by atoms with Gasteiger partial charge in [-0.05, 0) is 13.3 Å². The number of rotatable bonds is 3. The van der Waals surface area contributed by atoms with Crippen molar-refractivity contribution < 1.29 is 4.79 Å². The molecule has 0 aliphatic rings. The minimum atomic E-state index is -0.601. The molecule has 0 rings (SSSR count). The van der Waals surface area contributed by atoms with E-state index in [0.717, 1.165) is 0 Å². The highest BCUT2D eigenvalue weighted by Gasteiger charge is 2.29. The number of carbonyl (C=O) groups excluding carboxylic acids is 1. The normalized spacial score (nSPS) is 14.7. The molecule has 1 atom stereocenters. The van der Waals surface area contributed by atoms with E-state index in [1.807, 2.05) is 6.92 Å². The number of nitriles is 1. The van der Waals surface area contributed by atoms with Crippen molar-refractivity contribution in [2.45, 2.75) is 20.3 Å². The summed E-state index contributed by atoms with van der Waals surface area (Å²) in [4.78, 5) is 11.1. The Bertz CT molecular complexity index is 179. The lowest BCUT2D eigenvalue weighted by Gasteiger charge is -2.22. The first-order valence-corrected chi connectivity index (χ1v) is 3.50. The monoisotopic (exact) mass is 155 g/mol. The van der Waals surface area contributed by atoms with Gasteiger partial charge >= 0.3 is 0 Å². The third kappa shape index (κ3) is 2.20. The molecule has 0 aromatic heterocycles. The van der Waals surface area contributed by atoms with E-state index in [2.05, 4.69) is 5.32 Å². The van der Waals surface area contributed by atoms with Crippen LogP contribution in [0.2, 0.25) is 0 Å². The van der Waals surface area contributed by atoms with Crippen LogP contribution in [-0.4, -0.2) is 12.5 Å². The number of nitrogens with zero attached hydrogens (tertiary/aromatic N) is 1. The largest absolute Gasteiger partial charge is 0.329 e. The van der Waals surface area contributed by atoms with Crippen LogP contribution in [0.4, 0.5) is 0 Å². The fourth-order valence-corrected chi connectivity index (χ4v) is 0.599. The van der Waals surface area contributed by atoms with Crippen molar-refractivity contribution in [1.82, 2.24) is 5.32 Å². The molecule has 4 nitrogen and oxygen atoms in total. The summed E-state index contributed by atoms with van der Waals surface area (Å²) in [5.41, 5.74) is 4.78. The van der Waals surface area contributed by atoms with Crippen molar-refractivity contribution >= 4 is 5.91 Å². The van der Waals surface area contributed by atoms with Gasteiger partial charge in [-0.15, -0.1) is 0 Å². The van der Waals surface area contributed by atoms with Crippen LogP contribution < -0.4 is 11.1 Å². The summed E-state index contributed by atoms with van der Waals surface area (Å²) in [6, 6.07) is 0. The summed E-state index contributed by atoms with van der Waals surface area (Å²) in [7, 11) is 0. The Hall–Kier alpha value is -1.08. The van der Waals surface area contributed by atoms with Crippen LogP contribution in [0.3, 0.4) is 0 Å². The van der Waals surface area contributed by atoms with Gasteiger partial charge in [0.25, 0.3) is 0 Å². The molecule has 1 unspecified atom stereocenters. The van der Waals surface area contributed by atoms with Crippen LogP contribution >= 0.6 is 0 Å². The van der Waals surface area contributed by atoms with Gasteiger partial charge < -0.3 is 5.73 Å². The van der Waals surface area contributed by atoms with Crippen molar-refractivity contribution in [2.24, 2.45) is 11.1 Å². The maximum absolute atomic E-state index is 11.1. The lowest BCUT2D eigenvalue weighted by atomic mass is 9.87. The fraction of sp³-hybridized carbons (Fsp3) is 0.714. The Morgan fingerprint density at radius 3 is 2.64 bits per heavy atom. The van der Waals surface area contributed by atoms with Crippen molar-refractivity contribution in [3.63, 3.8) is 0 Å². The Kier molecular flexibility index (Phi) is 3.55. The van der Waals surface area contributed by atoms with Crippen LogP contribution in [-0.2, 0) is 4.79 Å². The molecular weight excluding hydrogens is 142 g/mol. The standard InChI is InChI=1S/C7H13N3O/c1-3-7(2,4-8)6(11)10-5-9/h3-4,8H2,1-2H3,(H,10,11). The highest BCUT2D eigenvalue weighted by atomic mass is 16.2. The molecule has 4 heteroatoms. The molecule has 0 bridgehead atoms. The zero-order chi connectivity index (χ0) is 8.91. The van der Waals surface area contributed by atoms with Crippen LogP contribution in [0.15, 0.2) is 0 Å². The number of hydrogen-bond donors (Lipinski definition) is 2. The van der Waals surface area contributed by atoms with E-state index in [1.54, 1.807) is 13.1 Å². The number of hydrogen-bond acceptors (Lipinski definition) is 3. The van der Waals surface area contributed by atoms with Crippen LogP contribution in [0.5, 0.6) is 0 Å². The van der Waals surface area contributed by atoms with E-state index in [9.17, 15) is 4.79 Å². The van der Waals surface area contributed by atoms with Crippen molar-refractivity contribution in [3.8, 4) is 6.19 Å². The minimum absolute atomic E-state index is 0.261. The van der Waals surface area contributed by atoms with E-state index >= 15 is 0 Å². The Morgan fingerprint density at radius 1 is 1.82 bits per heavy atom. The Labute approximate surface area is 66.4 Å². The zero-order valence-electron chi connectivity index (χ0n) is 6.85. The summed E-state index contributed by atoms with van der Waals surface area (Å²) in [5.74, 6) is -0.301. The highest BCUT2D eigenvalue weighted by molar-refractivity contribution is 5.83. The zero-order valence-corrected chi connectivity index (χ0v) is 6.85. The third-order valence-electron chi connectivity index (χ3n) is 1.95. The van der Waals surface area contributed by atoms with Gasteiger partial charge in [-0.3, -0.25) is 10.1 Å². The lowest BCUT2D eigenvalue weighted by Crippen LogP contribution is -2.41. The fourth-order valence-electron chi connectivity index (χ4n) is 0.599. The van der Waals surface area contributed by atoms with Gasteiger partial charge in [0.2, 0.25) is 5.91 Å². The summed E-state index contributed by atoms with van der Waals surface area (Å²) in [6.45, 7) is 3.86. The number of nitrogens with one attached hydrogen (secondary N) is 1. The average Bonchev–Trinajstić information content (AvgIpc) is 2.03. The quantitative estimate of drug-likeness (QED) is 0.443. The van der Waals surface area contributed by atoms with Gasteiger partial charge in [-0.1, -0.05) is 6.92 Å². The van der Waals surface area contributed by atoms with Crippen LogP contribution in [0.1, 0.15) is 20.3 Å². The second-order valence-corrected chi connectivity index (χ2v) is 2.68. The first kappa shape index (κ1) is 9.92. The summed E-state index contributed by atoms with van der Waals surface area (Å²) in [5, 5.41) is 10.2. The van der Waals surface area contributed by atoms with Gasteiger partial charge in [-0.2, -0.15) is 5.26 Å². The number of carbonyl (C=O) groups is 1. The van der Waals surface area contributed by atoms with Gasteiger partial charge in [0.1, 0.15) is 0 Å². The predicted molar refractivity (Wildman–Crippen MR) is 41.2 cm³/mol. The van der Waals surface area contributed by atoms with Gasteiger partial charge in [0.05, 0.1) is 5.41 Å². The SMILES string of the molecule is CCC(C)(CN)C(=O)NC#N. The molecule has 0 saturated heterocycles. The maximum atomic E-state index is 11.1. The Morgan fingerprint density at radius 2 is 2.36 bits per heavy atom. The molecule has 0 saturated carbocycles. The maximum Gasteiger partial charge on any atom is 0.240 e. The molecular formula is C7H13N3O. The van der Waals surface area contributed by atoms with E-state index in [1.165, 1.54) is 0 Å². The molecule has 0 aromatic rings. The smallest absolute Gasteiger partial charge is 0.240 e. The molecule has 0 fully saturated rings. The van der Waals surface area contributed by atoms with E-state index in [-0.39, 0.29) is 12.5 Å². The molecule has 0 aromatic carbocycles. The number of nitrogens with two attached hydrogens (primary N) is 1. The van der Waals surface area contributed by atoms with Crippen LogP contribution in [0.25, 0.3) is 0 Å². The first-order valence-electron chi connectivity index (χ1n) is 3.50. The van der Waals surface area contributed by atoms with Crippen LogP contribution in [0, 0.1) is 16.9 Å². The van der Waals surface area contributed by atoms with Crippen molar-refractivity contribution in [3.05, 3.63) is 0 Å². The second-order valence-electron chi connectivity index (χ2n) is 2.68. The van der Waals surface area contributed by atoms with Crippen molar-refractivity contribution in [1.29, 1.82) is 5.26 Å². The minimum Gasteiger partial charge on any atom is -0.329 e. The molecule has 1 amide bonds. The summed E-state index contributed by atoms with van der Waals surface area (Å²) >= 11 is 0. The first-order chi connectivity index (χ1) is 5.10.